The van der Waals surface area contributed by atoms with Crippen molar-refractivity contribution in [3.8, 4) is 0 Å². The van der Waals surface area contributed by atoms with Crippen molar-refractivity contribution in [2.24, 2.45) is 11.8 Å². The predicted octanol–water partition coefficient (Wildman–Crippen LogP) is 2.26. The normalized spacial score (nSPS) is 27.8. The lowest BCUT2D eigenvalue weighted by atomic mass is 9.87. The number of aliphatic hydroxyl groups excluding tert-OH is 1. The summed E-state index contributed by atoms with van der Waals surface area (Å²) in [6, 6.07) is 0. The number of likely N-dealkylation sites (tertiary alicyclic amines) is 1. The summed E-state index contributed by atoms with van der Waals surface area (Å²) in [6.45, 7) is 10.8. The van der Waals surface area contributed by atoms with Gasteiger partial charge >= 0.3 is 6.09 Å². The van der Waals surface area contributed by atoms with Gasteiger partial charge in [0.2, 0.25) is 0 Å². The molecule has 0 aromatic rings. The maximum atomic E-state index is 11.9. The molecule has 0 bridgehead atoms. The molecule has 1 aliphatic rings. The monoisotopic (exact) mass is 243 g/mol. The highest BCUT2D eigenvalue weighted by molar-refractivity contribution is 5.68. The summed E-state index contributed by atoms with van der Waals surface area (Å²) in [5.74, 6) is 0.571. The molecular weight excluding hydrogens is 218 g/mol. The van der Waals surface area contributed by atoms with E-state index >= 15 is 0 Å². The van der Waals surface area contributed by atoms with Gasteiger partial charge in [-0.2, -0.15) is 0 Å². The summed E-state index contributed by atoms with van der Waals surface area (Å²) in [7, 11) is 0. The van der Waals surface area contributed by atoms with Crippen LogP contribution < -0.4 is 0 Å². The second-order valence-corrected chi connectivity index (χ2v) is 6.23. The second-order valence-electron chi connectivity index (χ2n) is 6.23. The molecule has 1 amide bonds. The van der Waals surface area contributed by atoms with E-state index in [9.17, 15) is 9.90 Å². The summed E-state index contributed by atoms with van der Waals surface area (Å²) in [6.07, 6.45) is 0.328. The zero-order valence-electron chi connectivity index (χ0n) is 11.6. The van der Waals surface area contributed by atoms with E-state index in [1.54, 1.807) is 11.8 Å². The van der Waals surface area contributed by atoms with E-state index < -0.39 is 5.60 Å². The molecule has 3 atom stereocenters. The van der Waals surface area contributed by atoms with Crippen LogP contribution in [0.15, 0.2) is 0 Å². The molecule has 1 rings (SSSR count). The molecule has 0 spiro atoms. The van der Waals surface area contributed by atoms with Gasteiger partial charge in [0.15, 0.2) is 0 Å². The Kier molecular flexibility index (Phi) is 4.42. The van der Waals surface area contributed by atoms with Gasteiger partial charge in [-0.25, -0.2) is 4.79 Å². The standard InChI is InChI=1S/C13H25NO3/c1-9-6-11(10(2)15)8-14(7-9)12(16)17-13(3,4)5/h9-11,15H,6-8H2,1-5H3. The predicted molar refractivity (Wildman–Crippen MR) is 66.8 cm³/mol. The van der Waals surface area contributed by atoms with Gasteiger partial charge in [-0.3, -0.25) is 0 Å². The molecule has 3 unspecified atom stereocenters. The van der Waals surface area contributed by atoms with Gasteiger partial charge in [0.1, 0.15) is 5.60 Å². The third-order valence-corrected chi connectivity index (χ3v) is 3.03. The van der Waals surface area contributed by atoms with Gasteiger partial charge < -0.3 is 14.7 Å². The van der Waals surface area contributed by atoms with E-state index in [0.29, 0.717) is 12.5 Å². The van der Waals surface area contributed by atoms with Crippen molar-refractivity contribution in [1.29, 1.82) is 0 Å². The minimum absolute atomic E-state index is 0.159. The molecule has 100 valence electrons. The minimum Gasteiger partial charge on any atom is -0.444 e. The number of carbonyl (C=O) groups excluding carboxylic acids is 1. The van der Waals surface area contributed by atoms with Crippen molar-refractivity contribution in [2.75, 3.05) is 13.1 Å². The molecular formula is C13H25NO3. The lowest BCUT2D eigenvalue weighted by Gasteiger charge is -2.38. The Morgan fingerprint density at radius 2 is 2.00 bits per heavy atom. The number of ether oxygens (including phenoxy) is 1. The van der Waals surface area contributed by atoms with Crippen LogP contribution in [0.3, 0.4) is 0 Å². The average Bonchev–Trinajstić information content (AvgIpc) is 2.13. The minimum atomic E-state index is -0.460. The molecule has 0 aromatic carbocycles. The fourth-order valence-electron chi connectivity index (χ4n) is 2.22. The first-order chi connectivity index (χ1) is 7.69. The van der Waals surface area contributed by atoms with Gasteiger partial charge in [0, 0.05) is 19.0 Å². The Labute approximate surface area is 104 Å². The SMILES string of the molecule is CC1CC(C(C)O)CN(C(=O)OC(C)(C)C)C1. The van der Waals surface area contributed by atoms with Crippen molar-refractivity contribution >= 4 is 6.09 Å². The van der Waals surface area contributed by atoms with Crippen LogP contribution in [-0.2, 0) is 4.74 Å². The van der Waals surface area contributed by atoms with Gasteiger partial charge in [0.25, 0.3) is 0 Å². The maximum Gasteiger partial charge on any atom is 0.410 e. The lowest BCUT2D eigenvalue weighted by Crippen LogP contribution is -2.47. The number of amides is 1. The van der Waals surface area contributed by atoms with E-state index in [2.05, 4.69) is 6.92 Å². The molecule has 1 fully saturated rings. The summed E-state index contributed by atoms with van der Waals surface area (Å²) in [4.78, 5) is 13.7. The first-order valence-corrected chi connectivity index (χ1v) is 6.35. The molecule has 4 nitrogen and oxygen atoms in total. The Bertz CT molecular complexity index is 270. The highest BCUT2D eigenvalue weighted by Crippen LogP contribution is 2.25. The molecule has 1 saturated heterocycles. The van der Waals surface area contributed by atoms with Crippen LogP contribution in [0.4, 0.5) is 4.79 Å². The molecule has 1 aliphatic heterocycles. The Morgan fingerprint density at radius 3 is 2.47 bits per heavy atom. The number of hydrogen-bond acceptors (Lipinski definition) is 3. The number of nitrogens with zero attached hydrogens (tertiary/aromatic N) is 1. The third-order valence-electron chi connectivity index (χ3n) is 3.03. The van der Waals surface area contributed by atoms with E-state index in [-0.39, 0.29) is 18.1 Å². The summed E-state index contributed by atoms with van der Waals surface area (Å²) < 4.78 is 5.36. The molecule has 0 aromatic heterocycles. The van der Waals surface area contributed by atoms with Crippen LogP contribution in [0.25, 0.3) is 0 Å². The summed E-state index contributed by atoms with van der Waals surface area (Å²) in [5.41, 5.74) is -0.460. The van der Waals surface area contributed by atoms with E-state index in [4.69, 9.17) is 4.74 Å². The van der Waals surface area contributed by atoms with Gasteiger partial charge in [0.05, 0.1) is 6.10 Å². The van der Waals surface area contributed by atoms with Crippen molar-refractivity contribution in [1.82, 2.24) is 4.90 Å². The van der Waals surface area contributed by atoms with Crippen molar-refractivity contribution in [2.45, 2.75) is 52.7 Å². The van der Waals surface area contributed by atoms with Crippen molar-refractivity contribution in [3.05, 3.63) is 0 Å². The van der Waals surface area contributed by atoms with Gasteiger partial charge in [-0.15, -0.1) is 0 Å². The average molecular weight is 243 g/mol. The molecule has 1 N–H and O–H groups in total. The molecule has 0 aliphatic carbocycles. The van der Waals surface area contributed by atoms with Crippen molar-refractivity contribution in [3.63, 3.8) is 0 Å². The molecule has 0 radical (unpaired) electrons. The molecule has 1 heterocycles. The third kappa shape index (κ3) is 4.54. The molecule has 17 heavy (non-hydrogen) atoms. The number of carbonyl (C=O) groups is 1. The van der Waals surface area contributed by atoms with Gasteiger partial charge in [-0.1, -0.05) is 6.92 Å². The first kappa shape index (κ1) is 14.3. The Balaban J connectivity index is 2.61. The van der Waals surface area contributed by atoms with E-state index in [1.807, 2.05) is 20.8 Å². The molecule has 0 saturated carbocycles. The topological polar surface area (TPSA) is 49.8 Å². The molecule has 4 heteroatoms. The fraction of sp³-hybridized carbons (Fsp3) is 0.923. The second kappa shape index (κ2) is 5.25. The van der Waals surface area contributed by atoms with Gasteiger partial charge in [-0.05, 0) is 40.0 Å². The number of aliphatic hydroxyl groups is 1. The summed E-state index contributed by atoms with van der Waals surface area (Å²) >= 11 is 0. The largest absolute Gasteiger partial charge is 0.444 e. The summed E-state index contributed by atoms with van der Waals surface area (Å²) in [5, 5.41) is 9.65. The van der Waals surface area contributed by atoms with E-state index in [0.717, 1.165) is 13.0 Å². The first-order valence-electron chi connectivity index (χ1n) is 6.35. The Hall–Kier alpha value is -0.770. The number of hydrogen-bond donors (Lipinski definition) is 1. The zero-order chi connectivity index (χ0) is 13.2. The number of rotatable bonds is 1. The van der Waals surface area contributed by atoms with Crippen LogP contribution in [0, 0.1) is 11.8 Å². The van der Waals surface area contributed by atoms with Crippen LogP contribution in [0.2, 0.25) is 0 Å². The quantitative estimate of drug-likeness (QED) is 0.768. The van der Waals surface area contributed by atoms with Crippen molar-refractivity contribution < 1.29 is 14.6 Å². The highest BCUT2D eigenvalue weighted by atomic mass is 16.6. The van der Waals surface area contributed by atoms with E-state index in [1.165, 1.54) is 0 Å². The Morgan fingerprint density at radius 1 is 1.41 bits per heavy atom. The smallest absolute Gasteiger partial charge is 0.410 e. The highest BCUT2D eigenvalue weighted by Gasteiger charge is 2.32. The van der Waals surface area contributed by atoms with Crippen LogP contribution in [0.1, 0.15) is 41.0 Å². The van der Waals surface area contributed by atoms with Crippen LogP contribution in [0.5, 0.6) is 0 Å². The zero-order valence-corrected chi connectivity index (χ0v) is 11.6. The van der Waals surface area contributed by atoms with Crippen LogP contribution >= 0.6 is 0 Å². The maximum absolute atomic E-state index is 11.9. The number of piperidine rings is 1. The lowest BCUT2D eigenvalue weighted by molar-refractivity contribution is -0.00335. The fourth-order valence-corrected chi connectivity index (χ4v) is 2.22. The van der Waals surface area contributed by atoms with Crippen LogP contribution in [-0.4, -0.2) is 40.9 Å².